The molecule has 2 nitrogen and oxygen atoms in total. The van der Waals surface area contributed by atoms with Crippen LogP contribution in [-0.2, 0) is 6.61 Å². The van der Waals surface area contributed by atoms with Gasteiger partial charge in [0.1, 0.15) is 12.4 Å². The van der Waals surface area contributed by atoms with Crippen LogP contribution in [0.1, 0.15) is 11.3 Å². The van der Waals surface area contributed by atoms with Gasteiger partial charge in [-0.25, -0.2) is 0 Å². The molecule has 0 radical (unpaired) electrons. The second-order valence-corrected chi connectivity index (χ2v) is 5.02. The molecule has 0 amide bonds. The second-order valence-electron chi connectivity index (χ2n) is 3.66. The molecule has 0 saturated carbocycles. The summed E-state index contributed by atoms with van der Waals surface area (Å²) in [5, 5.41) is 0.671. The number of benzene rings is 1. The summed E-state index contributed by atoms with van der Waals surface area (Å²) in [4.78, 5) is 4.19. The van der Waals surface area contributed by atoms with Gasteiger partial charge in [0.25, 0.3) is 0 Å². The fourth-order valence-electron chi connectivity index (χ4n) is 1.41. The summed E-state index contributed by atoms with van der Waals surface area (Å²) in [5.41, 5.74) is 1.91. The van der Waals surface area contributed by atoms with Crippen molar-refractivity contribution in [1.29, 1.82) is 0 Å². The van der Waals surface area contributed by atoms with Crippen LogP contribution in [0.2, 0.25) is 5.02 Å². The standard InChI is InChI=1S/C13H11BrClNO/c1-9-2-3-10(14)6-13(9)17-8-12-7-11(15)4-5-16-12/h2-7H,8H2,1H3. The van der Waals surface area contributed by atoms with Gasteiger partial charge in [-0.15, -0.1) is 0 Å². The van der Waals surface area contributed by atoms with Crippen molar-refractivity contribution in [3.8, 4) is 5.75 Å². The van der Waals surface area contributed by atoms with E-state index in [9.17, 15) is 0 Å². The summed E-state index contributed by atoms with van der Waals surface area (Å²) in [6.07, 6.45) is 1.68. The van der Waals surface area contributed by atoms with E-state index in [2.05, 4.69) is 20.9 Å². The molecule has 0 aliphatic heterocycles. The molecule has 88 valence electrons. The lowest BCUT2D eigenvalue weighted by Crippen LogP contribution is -1.99. The van der Waals surface area contributed by atoms with E-state index in [1.807, 2.05) is 25.1 Å². The van der Waals surface area contributed by atoms with E-state index >= 15 is 0 Å². The van der Waals surface area contributed by atoms with Crippen LogP contribution >= 0.6 is 27.5 Å². The van der Waals surface area contributed by atoms with Crippen molar-refractivity contribution in [3.63, 3.8) is 0 Å². The van der Waals surface area contributed by atoms with Gasteiger partial charge in [0.15, 0.2) is 0 Å². The number of aromatic nitrogens is 1. The average molecular weight is 313 g/mol. The smallest absolute Gasteiger partial charge is 0.130 e. The van der Waals surface area contributed by atoms with Crippen LogP contribution in [0.4, 0.5) is 0 Å². The maximum Gasteiger partial charge on any atom is 0.130 e. The van der Waals surface area contributed by atoms with E-state index < -0.39 is 0 Å². The predicted octanol–water partition coefficient (Wildman–Crippen LogP) is 4.38. The van der Waals surface area contributed by atoms with Crippen molar-refractivity contribution in [2.45, 2.75) is 13.5 Å². The molecule has 0 N–H and O–H groups in total. The van der Waals surface area contributed by atoms with Crippen LogP contribution in [0.15, 0.2) is 41.0 Å². The largest absolute Gasteiger partial charge is 0.487 e. The molecule has 1 aromatic heterocycles. The SMILES string of the molecule is Cc1ccc(Br)cc1OCc1cc(Cl)ccn1. The number of halogens is 2. The van der Waals surface area contributed by atoms with Gasteiger partial charge in [-0.2, -0.15) is 0 Å². The van der Waals surface area contributed by atoms with E-state index in [-0.39, 0.29) is 0 Å². The van der Waals surface area contributed by atoms with Gasteiger partial charge in [0.2, 0.25) is 0 Å². The highest BCUT2D eigenvalue weighted by Gasteiger charge is 2.02. The molecular weight excluding hydrogens is 302 g/mol. The third kappa shape index (κ3) is 3.45. The first-order valence-corrected chi connectivity index (χ1v) is 6.31. The van der Waals surface area contributed by atoms with Crippen LogP contribution in [0.25, 0.3) is 0 Å². The number of rotatable bonds is 3. The second kappa shape index (κ2) is 5.52. The van der Waals surface area contributed by atoms with Crippen molar-refractivity contribution in [3.05, 3.63) is 57.3 Å². The van der Waals surface area contributed by atoms with E-state index in [1.54, 1.807) is 18.3 Å². The van der Waals surface area contributed by atoms with Gasteiger partial charge in [0.05, 0.1) is 5.69 Å². The van der Waals surface area contributed by atoms with E-state index in [4.69, 9.17) is 16.3 Å². The summed E-state index contributed by atoms with van der Waals surface area (Å²) in [6, 6.07) is 9.48. The molecule has 2 rings (SSSR count). The molecule has 0 saturated heterocycles. The predicted molar refractivity (Wildman–Crippen MR) is 72.5 cm³/mol. The zero-order valence-electron chi connectivity index (χ0n) is 9.28. The number of aryl methyl sites for hydroxylation is 1. The highest BCUT2D eigenvalue weighted by atomic mass is 79.9. The van der Waals surface area contributed by atoms with Crippen LogP contribution in [-0.4, -0.2) is 4.98 Å². The van der Waals surface area contributed by atoms with Gasteiger partial charge in [-0.1, -0.05) is 33.6 Å². The normalized spacial score (nSPS) is 10.3. The van der Waals surface area contributed by atoms with Gasteiger partial charge in [-0.05, 0) is 36.8 Å². The summed E-state index contributed by atoms with van der Waals surface area (Å²) in [5.74, 6) is 0.848. The van der Waals surface area contributed by atoms with Crippen LogP contribution in [0.5, 0.6) is 5.75 Å². The first kappa shape index (κ1) is 12.4. The molecule has 17 heavy (non-hydrogen) atoms. The molecule has 0 aliphatic rings. The number of hydrogen-bond acceptors (Lipinski definition) is 2. The monoisotopic (exact) mass is 311 g/mol. The number of pyridine rings is 1. The molecule has 0 spiro atoms. The Balaban J connectivity index is 2.09. The minimum Gasteiger partial charge on any atom is -0.487 e. The summed E-state index contributed by atoms with van der Waals surface area (Å²) in [6.45, 7) is 2.42. The van der Waals surface area contributed by atoms with Crippen molar-refractivity contribution in [2.75, 3.05) is 0 Å². The lowest BCUT2D eigenvalue weighted by Gasteiger charge is -2.09. The first-order valence-electron chi connectivity index (χ1n) is 5.14. The number of nitrogens with zero attached hydrogens (tertiary/aromatic N) is 1. The molecule has 4 heteroatoms. The van der Waals surface area contributed by atoms with Crippen molar-refractivity contribution in [2.24, 2.45) is 0 Å². The Hall–Kier alpha value is -1.06. The zero-order chi connectivity index (χ0) is 12.3. The van der Waals surface area contributed by atoms with Crippen LogP contribution < -0.4 is 4.74 Å². The molecular formula is C13H11BrClNO. The Morgan fingerprint density at radius 3 is 2.88 bits per heavy atom. The topological polar surface area (TPSA) is 22.1 Å². The van der Waals surface area contributed by atoms with Gasteiger partial charge < -0.3 is 4.74 Å². The minimum absolute atomic E-state index is 0.415. The average Bonchev–Trinajstić information content (AvgIpc) is 2.30. The van der Waals surface area contributed by atoms with E-state index in [0.29, 0.717) is 11.6 Å². The van der Waals surface area contributed by atoms with Crippen molar-refractivity contribution in [1.82, 2.24) is 4.98 Å². The molecule has 1 heterocycles. The molecule has 0 bridgehead atoms. The van der Waals surface area contributed by atoms with E-state index in [1.165, 1.54) is 0 Å². The molecule has 0 unspecified atom stereocenters. The number of hydrogen-bond donors (Lipinski definition) is 0. The Kier molecular flexibility index (Phi) is 4.02. The zero-order valence-corrected chi connectivity index (χ0v) is 11.6. The Labute approximate surface area is 114 Å². The summed E-state index contributed by atoms with van der Waals surface area (Å²) in [7, 11) is 0. The van der Waals surface area contributed by atoms with Crippen molar-refractivity contribution >= 4 is 27.5 Å². The summed E-state index contributed by atoms with van der Waals surface area (Å²) < 4.78 is 6.70. The highest BCUT2D eigenvalue weighted by Crippen LogP contribution is 2.23. The molecule has 2 aromatic rings. The van der Waals surface area contributed by atoms with E-state index in [0.717, 1.165) is 21.5 Å². The molecule has 0 atom stereocenters. The van der Waals surface area contributed by atoms with Crippen LogP contribution in [0, 0.1) is 6.92 Å². The Morgan fingerprint density at radius 1 is 1.29 bits per heavy atom. The van der Waals surface area contributed by atoms with Crippen LogP contribution in [0.3, 0.4) is 0 Å². The Morgan fingerprint density at radius 2 is 2.12 bits per heavy atom. The summed E-state index contributed by atoms with van der Waals surface area (Å²) >= 11 is 9.30. The van der Waals surface area contributed by atoms with Gasteiger partial charge in [-0.3, -0.25) is 4.98 Å². The van der Waals surface area contributed by atoms with Crippen molar-refractivity contribution < 1.29 is 4.74 Å². The maximum atomic E-state index is 5.88. The minimum atomic E-state index is 0.415. The first-order chi connectivity index (χ1) is 8.15. The molecule has 0 aliphatic carbocycles. The highest BCUT2D eigenvalue weighted by molar-refractivity contribution is 9.10. The number of ether oxygens (including phenoxy) is 1. The quantitative estimate of drug-likeness (QED) is 0.839. The third-order valence-corrected chi connectivity index (χ3v) is 3.03. The lowest BCUT2D eigenvalue weighted by molar-refractivity contribution is 0.299. The Bertz CT molecular complexity index is 531. The van der Waals surface area contributed by atoms with Gasteiger partial charge in [0, 0.05) is 15.7 Å². The fourth-order valence-corrected chi connectivity index (χ4v) is 1.93. The molecule has 1 aromatic carbocycles. The third-order valence-electron chi connectivity index (χ3n) is 2.30. The fraction of sp³-hybridized carbons (Fsp3) is 0.154. The van der Waals surface area contributed by atoms with Gasteiger partial charge >= 0.3 is 0 Å². The maximum absolute atomic E-state index is 5.88. The lowest BCUT2D eigenvalue weighted by atomic mass is 10.2. The molecule has 0 fully saturated rings.